The molecular weight excluding hydrogens is 510 g/mol. The first-order valence-electron chi connectivity index (χ1n) is 9.15. The van der Waals surface area contributed by atoms with Gasteiger partial charge in [0.1, 0.15) is 12.1 Å². The van der Waals surface area contributed by atoms with Gasteiger partial charge in [0.2, 0.25) is 5.95 Å². The van der Waals surface area contributed by atoms with Crippen molar-refractivity contribution in [1.29, 1.82) is 0 Å². The number of pyridine rings is 1. The molecule has 1 aliphatic rings. The minimum Gasteiger partial charge on any atom is -0.369 e. The van der Waals surface area contributed by atoms with Crippen molar-refractivity contribution in [1.82, 2.24) is 25.5 Å². The van der Waals surface area contributed by atoms with Crippen molar-refractivity contribution in [2.45, 2.75) is 6.18 Å². The molecule has 4 rings (SSSR count). The summed E-state index contributed by atoms with van der Waals surface area (Å²) in [6.07, 6.45) is -3.13. The summed E-state index contributed by atoms with van der Waals surface area (Å²) in [7, 11) is 0. The molecule has 0 spiro atoms. The second kappa shape index (κ2) is 10.1. The Morgan fingerprint density at radius 2 is 1.83 bits per heavy atom. The summed E-state index contributed by atoms with van der Waals surface area (Å²) in [6, 6.07) is 8.95. The fourth-order valence-corrected chi connectivity index (χ4v) is 3.16. The van der Waals surface area contributed by atoms with Gasteiger partial charge in [-0.05, 0) is 17.1 Å². The summed E-state index contributed by atoms with van der Waals surface area (Å²) < 4.78 is 40.5. The van der Waals surface area contributed by atoms with Crippen LogP contribution in [0, 0.1) is 0 Å². The second-order valence-corrected chi connectivity index (χ2v) is 6.34. The summed E-state index contributed by atoms with van der Waals surface area (Å²) >= 11 is 2.15. The third-order valence-corrected chi connectivity index (χ3v) is 4.46. The van der Waals surface area contributed by atoms with Gasteiger partial charge in [-0.2, -0.15) is 23.3 Å². The van der Waals surface area contributed by atoms with Gasteiger partial charge in [0, 0.05) is 43.5 Å². The summed E-state index contributed by atoms with van der Waals surface area (Å²) in [6.45, 7) is 3.13. The molecule has 0 saturated carbocycles. The highest BCUT2D eigenvalue weighted by Gasteiger charge is 2.34. The number of H-pyrrole nitrogens is 1. The summed E-state index contributed by atoms with van der Waals surface area (Å²) in [4.78, 5) is 12.5. The Hall–Kier alpha value is -2.41. The fourth-order valence-electron chi connectivity index (χ4n) is 3.16. The van der Waals surface area contributed by atoms with Crippen molar-refractivity contribution in [2.24, 2.45) is 0 Å². The van der Waals surface area contributed by atoms with E-state index in [-0.39, 0.29) is 11.3 Å². The van der Waals surface area contributed by atoms with E-state index >= 15 is 0 Å². The van der Waals surface area contributed by atoms with Gasteiger partial charge in [-0.15, -0.1) is 0 Å². The summed E-state index contributed by atoms with van der Waals surface area (Å²) in [5, 5.41) is 12.7. The van der Waals surface area contributed by atoms with Crippen molar-refractivity contribution >= 4 is 40.0 Å². The van der Waals surface area contributed by atoms with Crippen LogP contribution in [0.2, 0.25) is 0 Å². The van der Waals surface area contributed by atoms with E-state index in [9.17, 15) is 13.2 Å². The predicted molar refractivity (Wildman–Crippen MR) is 119 cm³/mol. The molecule has 0 aliphatic carbocycles. The largest absolute Gasteiger partial charge is 0.417 e. The zero-order valence-corrected chi connectivity index (χ0v) is 18.3. The quantitative estimate of drug-likeness (QED) is 0.348. The molecular formula is C19H21F3IN7. The Balaban J connectivity index is 0.00000124. The lowest BCUT2D eigenvalue weighted by Crippen LogP contribution is -2.43. The molecule has 0 bridgehead atoms. The van der Waals surface area contributed by atoms with Crippen LogP contribution in [0.15, 0.2) is 42.7 Å². The number of aromatic nitrogens is 4. The first-order valence-corrected chi connectivity index (χ1v) is 11.3. The molecule has 1 aliphatic heterocycles. The number of anilines is 3. The Bertz CT molecular complexity index is 942. The maximum atomic E-state index is 13.5. The minimum absolute atomic E-state index is 0.0348. The van der Waals surface area contributed by atoms with Gasteiger partial charge in [-0.1, -0.05) is 40.8 Å². The van der Waals surface area contributed by atoms with Crippen LogP contribution < -0.4 is 15.5 Å². The lowest BCUT2D eigenvalue weighted by atomic mass is 10.0. The molecule has 0 unspecified atom stereocenters. The molecule has 3 N–H and O–H groups in total. The van der Waals surface area contributed by atoms with E-state index in [1.165, 1.54) is 18.5 Å². The van der Waals surface area contributed by atoms with Crippen LogP contribution in [0.4, 0.5) is 30.6 Å². The molecule has 30 heavy (non-hydrogen) atoms. The lowest BCUT2D eigenvalue weighted by Gasteiger charge is -2.30. The van der Waals surface area contributed by atoms with Crippen LogP contribution >= 0.6 is 22.6 Å². The molecule has 3 heterocycles. The molecule has 11 heteroatoms. The van der Waals surface area contributed by atoms with Crippen LogP contribution in [-0.4, -0.2) is 51.3 Å². The van der Waals surface area contributed by atoms with E-state index in [4.69, 9.17) is 0 Å². The number of alkyl halides is 4. The smallest absolute Gasteiger partial charge is 0.369 e. The first-order chi connectivity index (χ1) is 14.5. The van der Waals surface area contributed by atoms with Crippen molar-refractivity contribution < 1.29 is 13.2 Å². The molecule has 1 saturated heterocycles. The highest BCUT2D eigenvalue weighted by molar-refractivity contribution is 14.1. The number of rotatable bonds is 4. The van der Waals surface area contributed by atoms with E-state index < -0.39 is 11.7 Å². The Labute approximate surface area is 185 Å². The molecule has 0 radical (unpaired) electrons. The first kappa shape index (κ1) is 22.3. The number of piperazine rings is 1. The zero-order valence-electron chi connectivity index (χ0n) is 16.2. The topological polar surface area (TPSA) is 81.8 Å². The number of halogens is 4. The highest BCUT2D eigenvalue weighted by atomic mass is 127. The van der Waals surface area contributed by atoms with E-state index in [1.807, 2.05) is 4.93 Å². The van der Waals surface area contributed by atoms with E-state index in [2.05, 4.69) is 58.3 Å². The van der Waals surface area contributed by atoms with Gasteiger partial charge in [-0.3, -0.25) is 0 Å². The van der Waals surface area contributed by atoms with Crippen LogP contribution in [-0.2, 0) is 6.18 Å². The van der Waals surface area contributed by atoms with E-state index in [0.29, 0.717) is 11.8 Å². The molecule has 0 atom stereocenters. The van der Waals surface area contributed by atoms with E-state index in [0.717, 1.165) is 37.9 Å². The Morgan fingerprint density at radius 3 is 2.50 bits per heavy atom. The third kappa shape index (κ3) is 5.39. The maximum absolute atomic E-state index is 13.5. The molecule has 1 fully saturated rings. The standard InChI is InChI=1S/C18H18F3N7.CH3I/c19-18(20,21)14-4-2-1-3-13(14)15-9-12(28-7-5-22-6-8-28)10-16(25-15)26-17-23-11-24-27-17;1-2/h1-4,9-11,22H,5-8H2,(H2,23,24,25,26,27);1H3. The van der Waals surface area contributed by atoms with Gasteiger partial charge in [0.25, 0.3) is 0 Å². The number of nitrogens with zero attached hydrogens (tertiary/aromatic N) is 4. The highest BCUT2D eigenvalue weighted by Crippen LogP contribution is 2.38. The number of hydrogen-bond donors (Lipinski definition) is 3. The molecule has 1 aromatic carbocycles. The molecule has 160 valence electrons. The summed E-state index contributed by atoms with van der Waals surface area (Å²) in [5.41, 5.74) is 0.356. The lowest BCUT2D eigenvalue weighted by molar-refractivity contribution is -0.137. The Morgan fingerprint density at radius 1 is 1.10 bits per heavy atom. The maximum Gasteiger partial charge on any atom is 0.417 e. The molecule has 0 amide bonds. The van der Waals surface area contributed by atoms with Gasteiger partial charge in [-0.25, -0.2) is 10.1 Å². The second-order valence-electron chi connectivity index (χ2n) is 6.34. The van der Waals surface area contributed by atoms with Gasteiger partial charge < -0.3 is 15.5 Å². The van der Waals surface area contributed by atoms with Crippen LogP contribution in [0.1, 0.15) is 5.56 Å². The number of benzene rings is 1. The third-order valence-electron chi connectivity index (χ3n) is 4.46. The fraction of sp³-hybridized carbons (Fsp3) is 0.316. The summed E-state index contributed by atoms with van der Waals surface area (Å²) in [5.74, 6) is 0.750. The minimum atomic E-state index is -4.47. The van der Waals surface area contributed by atoms with Crippen molar-refractivity contribution in [3.8, 4) is 11.3 Å². The van der Waals surface area contributed by atoms with Crippen LogP contribution in [0.3, 0.4) is 0 Å². The van der Waals surface area contributed by atoms with Crippen molar-refractivity contribution in [3.05, 3.63) is 48.3 Å². The van der Waals surface area contributed by atoms with Gasteiger partial charge in [0.15, 0.2) is 0 Å². The number of aromatic amines is 1. The van der Waals surface area contributed by atoms with Crippen molar-refractivity contribution in [2.75, 3.05) is 41.3 Å². The van der Waals surface area contributed by atoms with Crippen LogP contribution in [0.5, 0.6) is 0 Å². The monoisotopic (exact) mass is 531 g/mol. The Kier molecular flexibility index (Phi) is 7.48. The number of nitrogens with one attached hydrogen (secondary N) is 3. The molecule has 7 nitrogen and oxygen atoms in total. The van der Waals surface area contributed by atoms with Crippen LogP contribution in [0.25, 0.3) is 11.3 Å². The molecule has 3 aromatic rings. The molecule has 2 aromatic heterocycles. The van der Waals surface area contributed by atoms with Crippen molar-refractivity contribution in [3.63, 3.8) is 0 Å². The zero-order chi connectivity index (χ0) is 21.6. The normalized spacial score (nSPS) is 14.1. The number of hydrogen-bond acceptors (Lipinski definition) is 6. The van der Waals surface area contributed by atoms with E-state index in [1.54, 1.807) is 18.2 Å². The average Bonchev–Trinajstić information content (AvgIpc) is 3.28. The average molecular weight is 531 g/mol. The SMILES string of the molecule is CI.FC(F)(F)c1ccccc1-c1cc(N2CCNCC2)cc(Nc2ncn[nH]2)n1. The predicted octanol–water partition coefficient (Wildman–Crippen LogP) is 4.09. The van der Waals surface area contributed by atoms with Gasteiger partial charge >= 0.3 is 6.18 Å². The van der Waals surface area contributed by atoms with Gasteiger partial charge in [0.05, 0.1) is 11.3 Å².